The maximum atomic E-state index is 5.93. The molecule has 0 radical (unpaired) electrons. The minimum atomic E-state index is -0.0811. The van der Waals surface area contributed by atoms with Crippen LogP contribution < -0.4 is 0 Å². The summed E-state index contributed by atoms with van der Waals surface area (Å²) in [6, 6.07) is 57.7. The van der Waals surface area contributed by atoms with Gasteiger partial charge in [0.25, 0.3) is 0 Å². The van der Waals surface area contributed by atoms with Gasteiger partial charge in [-0.05, 0) is 128 Å². The fourth-order valence-electron chi connectivity index (χ4n) is 11.8. The molecule has 14 aromatic rings. The van der Waals surface area contributed by atoms with Crippen molar-refractivity contribution in [2.75, 3.05) is 0 Å². The number of fused-ring (bicyclic) bond motifs is 17. The van der Waals surface area contributed by atoms with Crippen molar-refractivity contribution in [1.29, 1.82) is 0 Å². The topological polar surface area (TPSA) is 26.6 Å². The molecule has 8 aromatic carbocycles. The second-order valence-electron chi connectivity index (χ2n) is 22.5. The molecule has 0 bridgehead atoms. The van der Waals surface area contributed by atoms with Crippen molar-refractivity contribution in [2.45, 2.75) is 78.6 Å². The Morgan fingerprint density at radius 2 is 0.955 bits per heavy atom. The zero-order chi connectivity index (χ0) is 45.6. The van der Waals surface area contributed by atoms with Gasteiger partial charge in [-0.1, -0.05) is 135 Å². The maximum absolute atomic E-state index is 5.93. The molecule has 67 heavy (non-hydrogen) atoms. The highest BCUT2D eigenvalue weighted by molar-refractivity contribution is 6.33. The summed E-state index contributed by atoms with van der Waals surface area (Å²) in [5, 5.41) is 13.8. The molecular formula is C63H52N4. The second-order valence-corrected chi connectivity index (χ2v) is 22.5. The first-order chi connectivity index (χ1) is 32.1. The fraction of sp³-hybridized carbons (Fsp3) is 0.190. The molecule has 4 heteroatoms. The Morgan fingerprint density at radius 3 is 1.70 bits per heavy atom. The predicted molar refractivity (Wildman–Crippen MR) is 287 cm³/mol. The van der Waals surface area contributed by atoms with E-state index < -0.39 is 0 Å². The van der Waals surface area contributed by atoms with Crippen molar-refractivity contribution in [1.82, 2.24) is 18.4 Å². The lowest BCUT2D eigenvalue weighted by Gasteiger charge is -2.21. The van der Waals surface area contributed by atoms with Gasteiger partial charge in [0.15, 0.2) is 0 Å². The average molecular weight is 865 g/mol. The maximum Gasteiger partial charge on any atom is 0.146 e. The van der Waals surface area contributed by atoms with E-state index in [0.717, 1.165) is 16.7 Å². The molecule has 6 aromatic heterocycles. The van der Waals surface area contributed by atoms with E-state index in [-0.39, 0.29) is 16.2 Å². The van der Waals surface area contributed by atoms with Crippen LogP contribution in [0.2, 0.25) is 0 Å². The third kappa shape index (κ3) is 5.16. The summed E-state index contributed by atoms with van der Waals surface area (Å²) in [6.45, 7) is 21.0. The van der Waals surface area contributed by atoms with Crippen LogP contribution in [0.1, 0.15) is 79.0 Å². The Morgan fingerprint density at radius 1 is 0.373 bits per heavy atom. The molecule has 14 rings (SSSR count). The van der Waals surface area contributed by atoms with Gasteiger partial charge in [-0.25, -0.2) is 4.98 Å². The molecule has 0 aliphatic heterocycles. The lowest BCUT2D eigenvalue weighted by Crippen LogP contribution is -2.11. The van der Waals surface area contributed by atoms with Crippen LogP contribution in [-0.2, 0) is 16.2 Å². The van der Waals surface area contributed by atoms with Crippen molar-refractivity contribution in [2.24, 2.45) is 0 Å². The summed E-state index contributed by atoms with van der Waals surface area (Å²) in [6.07, 6.45) is 0. The normalized spacial score (nSPS) is 13.4. The smallest absolute Gasteiger partial charge is 0.146 e. The summed E-state index contributed by atoms with van der Waals surface area (Å²) in [4.78, 5) is 5.93. The van der Waals surface area contributed by atoms with E-state index >= 15 is 0 Å². The van der Waals surface area contributed by atoms with Crippen molar-refractivity contribution < 1.29 is 0 Å². The molecule has 0 fully saturated rings. The fourth-order valence-corrected chi connectivity index (χ4v) is 11.8. The van der Waals surface area contributed by atoms with E-state index in [0.29, 0.717) is 0 Å². The number of hydrogen-bond acceptors (Lipinski definition) is 1. The van der Waals surface area contributed by atoms with E-state index in [1.807, 2.05) is 0 Å². The van der Waals surface area contributed by atoms with Gasteiger partial charge in [-0.2, -0.15) is 0 Å². The van der Waals surface area contributed by atoms with Crippen molar-refractivity contribution >= 4 is 109 Å². The Balaban J connectivity index is 1.16. The molecular weight excluding hydrogens is 813 g/mol. The number of hydrogen-bond donors (Lipinski definition) is 0. The molecule has 0 saturated heterocycles. The van der Waals surface area contributed by atoms with Crippen LogP contribution >= 0.6 is 0 Å². The SMILES string of the molecule is CC(C)(C)c1ccc2c(c1)c1cc(C(C)(C)C)cc3c4cc5c(nc4n2c13)c1c2ccccc2cc2c3cc(C(C)(C)C)cc(-c4ccc6c(c4)c4ccccc4n6-c4ccccc4)c3n5c21. The first kappa shape index (κ1) is 38.8. The standard InChI is InChI=1S/C63H52N4/c1-61(2,3)37-24-26-53-45(29-37)47-31-39(63(7,8)9)33-49-50-34-54-56(64-60(50)67(53)58(47)49)55-41-20-14-13-17-35(41)28-46-48-32-38(62(4,5)6)30-43(57(48)66(54)59(46)55)36-23-25-52-44(27-36)42-21-15-16-22-51(42)65(52)40-18-11-10-12-19-40/h10-34H,1-9H3. The molecule has 6 heterocycles. The molecule has 0 unspecified atom stereocenters. The van der Waals surface area contributed by atoms with Crippen molar-refractivity contribution in [3.05, 3.63) is 168 Å². The Kier molecular flexibility index (Phi) is 7.36. The summed E-state index contributed by atoms with van der Waals surface area (Å²) in [5.74, 6) is 0. The largest absolute Gasteiger partial charge is 0.309 e. The van der Waals surface area contributed by atoms with E-state index in [4.69, 9.17) is 4.98 Å². The van der Waals surface area contributed by atoms with Gasteiger partial charge < -0.3 is 8.97 Å². The van der Waals surface area contributed by atoms with Gasteiger partial charge in [0.05, 0.1) is 44.1 Å². The lowest BCUT2D eigenvalue weighted by atomic mass is 9.84. The number of para-hydroxylation sites is 2. The monoisotopic (exact) mass is 864 g/mol. The molecule has 4 nitrogen and oxygen atoms in total. The highest BCUT2D eigenvalue weighted by Crippen LogP contribution is 2.50. The average Bonchev–Trinajstić information content (AvgIpc) is 4.09. The Labute approximate surface area is 389 Å². The van der Waals surface area contributed by atoms with Crippen LogP contribution in [0.5, 0.6) is 0 Å². The summed E-state index contributed by atoms with van der Waals surface area (Å²) in [5.41, 5.74) is 18.1. The van der Waals surface area contributed by atoms with Crippen LogP contribution in [0.15, 0.2) is 152 Å². The highest BCUT2D eigenvalue weighted by atomic mass is 15.0. The van der Waals surface area contributed by atoms with Crippen LogP contribution in [-0.4, -0.2) is 18.4 Å². The molecule has 0 aliphatic rings. The minimum Gasteiger partial charge on any atom is -0.309 e. The Hall–Kier alpha value is -7.43. The molecule has 0 atom stereocenters. The van der Waals surface area contributed by atoms with Gasteiger partial charge in [-0.3, -0.25) is 4.40 Å². The Bertz CT molecular complexity index is 4420. The number of rotatable bonds is 2. The van der Waals surface area contributed by atoms with Gasteiger partial charge in [0.2, 0.25) is 0 Å². The molecule has 0 N–H and O–H groups in total. The van der Waals surface area contributed by atoms with E-state index in [9.17, 15) is 0 Å². The second kappa shape index (κ2) is 12.7. The number of aromatic nitrogens is 4. The van der Waals surface area contributed by atoms with Gasteiger partial charge in [-0.15, -0.1) is 0 Å². The van der Waals surface area contributed by atoms with Gasteiger partial charge in [0, 0.05) is 59.7 Å². The molecule has 0 amide bonds. The molecule has 0 spiro atoms. The zero-order valence-electron chi connectivity index (χ0n) is 39.7. The van der Waals surface area contributed by atoms with Crippen LogP contribution in [0.3, 0.4) is 0 Å². The number of nitrogens with zero attached hydrogens (tertiary/aromatic N) is 4. The molecule has 324 valence electrons. The third-order valence-corrected chi connectivity index (χ3v) is 15.3. The molecule has 0 aliphatic carbocycles. The van der Waals surface area contributed by atoms with Crippen LogP contribution in [0, 0.1) is 0 Å². The lowest BCUT2D eigenvalue weighted by molar-refractivity contribution is 0.590. The number of pyridine rings is 1. The quantitative estimate of drug-likeness (QED) is 0.170. The first-order valence-corrected chi connectivity index (χ1v) is 24.0. The van der Waals surface area contributed by atoms with Crippen molar-refractivity contribution in [3.8, 4) is 16.8 Å². The summed E-state index contributed by atoms with van der Waals surface area (Å²) < 4.78 is 7.49. The van der Waals surface area contributed by atoms with E-state index in [2.05, 4.69) is 227 Å². The first-order valence-electron chi connectivity index (χ1n) is 24.0. The predicted octanol–water partition coefficient (Wildman–Crippen LogP) is 17.2. The van der Waals surface area contributed by atoms with Crippen LogP contribution in [0.4, 0.5) is 0 Å². The van der Waals surface area contributed by atoms with Gasteiger partial charge in [0.1, 0.15) is 5.65 Å². The van der Waals surface area contributed by atoms with Crippen molar-refractivity contribution in [3.63, 3.8) is 0 Å². The minimum absolute atomic E-state index is 0.0312. The van der Waals surface area contributed by atoms with Gasteiger partial charge >= 0.3 is 0 Å². The summed E-state index contributed by atoms with van der Waals surface area (Å²) >= 11 is 0. The van der Waals surface area contributed by atoms with E-state index in [1.165, 1.54) is 126 Å². The highest BCUT2D eigenvalue weighted by Gasteiger charge is 2.29. The van der Waals surface area contributed by atoms with E-state index in [1.54, 1.807) is 0 Å². The third-order valence-electron chi connectivity index (χ3n) is 15.3. The van der Waals surface area contributed by atoms with Crippen LogP contribution in [0.25, 0.3) is 126 Å². The summed E-state index contributed by atoms with van der Waals surface area (Å²) in [7, 11) is 0. The molecule has 0 saturated carbocycles. The number of benzene rings is 8. The zero-order valence-corrected chi connectivity index (χ0v) is 39.7.